The number of hydrogen-bond donors (Lipinski definition) is 2. The van der Waals surface area contributed by atoms with Crippen molar-refractivity contribution in [2.24, 2.45) is 10.9 Å². The van der Waals surface area contributed by atoms with Gasteiger partial charge in [-0.3, -0.25) is 19.7 Å². The average molecular weight is 391 g/mol. The lowest BCUT2D eigenvalue weighted by molar-refractivity contribution is 0.0154. The van der Waals surface area contributed by atoms with Crippen LogP contribution in [0.15, 0.2) is 22.5 Å². The molecule has 2 N–H and O–H groups in total. The fourth-order valence-corrected chi connectivity index (χ4v) is 5.95. The predicted octanol–water partition coefficient (Wildman–Crippen LogP) is 1.30. The molecule has 0 amide bonds. The van der Waals surface area contributed by atoms with Crippen LogP contribution >= 0.6 is 11.3 Å². The van der Waals surface area contributed by atoms with Crippen LogP contribution in [0, 0.1) is 5.92 Å². The Morgan fingerprint density at radius 1 is 1.19 bits per heavy atom. The van der Waals surface area contributed by atoms with Gasteiger partial charge < -0.3 is 10.6 Å². The zero-order valence-electron chi connectivity index (χ0n) is 16.7. The van der Waals surface area contributed by atoms with Gasteiger partial charge in [0.15, 0.2) is 5.96 Å². The third-order valence-electron chi connectivity index (χ3n) is 6.49. The van der Waals surface area contributed by atoms with Crippen LogP contribution in [0.25, 0.3) is 0 Å². The Morgan fingerprint density at radius 2 is 2.00 bits per heavy atom. The first-order valence-electron chi connectivity index (χ1n) is 10.4. The van der Waals surface area contributed by atoms with Gasteiger partial charge in [-0.1, -0.05) is 6.07 Å². The van der Waals surface area contributed by atoms with E-state index in [-0.39, 0.29) is 0 Å². The van der Waals surface area contributed by atoms with Gasteiger partial charge >= 0.3 is 0 Å². The maximum absolute atomic E-state index is 4.48. The first-order chi connectivity index (χ1) is 13.2. The number of nitrogens with zero attached hydrogens (tertiary/aromatic N) is 4. The molecule has 2 bridgehead atoms. The van der Waals surface area contributed by atoms with E-state index < -0.39 is 0 Å². The summed E-state index contributed by atoms with van der Waals surface area (Å²) in [6, 6.07) is 5.61. The summed E-state index contributed by atoms with van der Waals surface area (Å²) in [5.41, 5.74) is 0. The van der Waals surface area contributed by atoms with Crippen LogP contribution in [0.3, 0.4) is 0 Å². The molecule has 0 aromatic carbocycles. The SMILES string of the molecule is CN=C(NCC1CCCN(C)C1c1cccs1)NCC1CN2CCN1CC2. The molecule has 4 aliphatic rings. The second kappa shape index (κ2) is 8.90. The van der Waals surface area contributed by atoms with E-state index in [0.29, 0.717) is 18.0 Å². The highest BCUT2D eigenvalue weighted by Gasteiger charge is 2.33. The van der Waals surface area contributed by atoms with Crippen molar-refractivity contribution >= 4 is 17.3 Å². The summed E-state index contributed by atoms with van der Waals surface area (Å²) in [6.45, 7) is 9.26. The van der Waals surface area contributed by atoms with Crippen molar-refractivity contribution in [1.29, 1.82) is 0 Å². The maximum atomic E-state index is 4.48. The zero-order chi connectivity index (χ0) is 18.6. The Kier molecular flexibility index (Phi) is 6.32. The number of aliphatic imine (C=N–C) groups is 1. The van der Waals surface area contributed by atoms with Crippen LogP contribution in [0.1, 0.15) is 23.8 Å². The third-order valence-corrected chi connectivity index (χ3v) is 7.44. The van der Waals surface area contributed by atoms with E-state index in [2.05, 4.69) is 54.9 Å². The van der Waals surface area contributed by atoms with Gasteiger partial charge in [-0.2, -0.15) is 0 Å². The minimum atomic E-state index is 0.525. The van der Waals surface area contributed by atoms with Crippen molar-refractivity contribution in [3.05, 3.63) is 22.4 Å². The lowest BCUT2D eigenvalue weighted by Gasteiger charge is -2.47. The van der Waals surface area contributed by atoms with Crippen LogP contribution in [0.5, 0.6) is 0 Å². The van der Waals surface area contributed by atoms with Gasteiger partial charge in [-0.05, 0) is 43.8 Å². The number of likely N-dealkylation sites (tertiary alicyclic amines) is 1. The van der Waals surface area contributed by atoms with Gasteiger partial charge in [-0.25, -0.2) is 0 Å². The Bertz CT molecular complexity index is 610. The van der Waals surface area contributed by atoms with Crippen LogP contribution in [0.4, 0.5) is 0 Å². The van der Waals surface area contributed by atoms with Gasteiger partial charge in [0.25, 0.3) is 0 Å². The van der Waals surface area contributed by atoms with Crippen LogP contribution in [-0.2, 0) is 0 Å². The molecule has 150 valence electrons. The molecular formula is C20H34N6S. The first kappa shape index (κ1) is 19.2. The molecule has 1 aromatic rings. The molecule has 0 aliphatic carbocycles. The normalized spacial score (nSPS) is 34.6. The Labute approximate surface area is 167 Å². The number of fused-ring (bicyclic) bond motifs is 3. The van der Waals surface area contributed by atoms with Crippen molar-refractivity contribution in [2.75, 3.05) is 66.5 Å². The first-order valence-corrected chi connectivity index (χ1v) is 11.3. The molecule has 1 aromatic heterocycles. The minimum absolute atomic E-state index is 0.525. The summed E-state index contributed by atoms with van der Waals surface area (Å²) in [5.74, 6) is 1.58. The van der Waals surface area contributed by atoms with E-state index in [1.807, 2.05) is 18.4 Å². The topological polar surface area (TPSA) is 46.1 Å². The number of piperidine rings is 1. The van der Waals surface area contributed by atoms with E-state index in [1.54, 1.807) is 0 Å². The molecule has 27 heavy (non-hydrogen) atoms. The monoisotopic (exact) mass is 390 g/mol. The van der Waals surface area contributed by atoms with Gasteiger partial charge in [0.05, 0.1) is 0 Å². The Balaban J connectivity index is 1.29. The summed E-state index contributed by atoms with van der Waals surface area (Å²) in [7, 11) is 4.15. The van der Waals surface area contributed by atoms with Crippen LogP contribution < -0.4 is 10.6 Å². The van der Waals surface area contributed by atoms with Gasteiger partial charge in [0, 0.05) is 69.8 Å². The smallest absolute Gasteiger partial charge is 0.191 e. The van der Waals surface area contributed by atoms with E-state index in [9.17, 15) is 0 Å². The zero-order valence-corrected chi connectivity index (χ0v) is 17.5. The largest absolute Gasteiger partial charge is 0.356 e. The summed E-state index contributed by atoms with van der Waals surface area (Å²) in [4.78, 5) is 13.7. The molecule has 5 rings (SSSR count). The lowest BCUT2D eigenvalue weighted by atomic mass is 9.88. The molecule has 0 saturated carbocycles. The number of nitrogens with one attached hydrogen (secondary N) is 2. The Hall–Kier alpha value is -1.15. The fourth-order valence-electron chi connectivity index (χ4n) is 4.96. The van der Waals surface area contributed by atoms with Crippen molar-refractivity contribution in [3.63, 3.8) is 0 Å². The minimum Gasteiger partial charge on any atom is -0.356 e. The number of thiophene rings is 1. The number of hydrogen-bond acceptors (Lipinski definition) is 5. The summed E-state index contributed by atoms with van der Waals surface area (Å²) < 4.78 is 0. The molecule has 5 heterocycles. The Morgan fingerprint density at radius 3 is 2.67 bits per heavy atom. The van der Waals surface area contributed by atoms with Gasteiger partial charge in [0.2, 0.25) is 0 Å². The lowest BCUT2D eigenvalue weighted by Crippen LogP contribution is -2.64. The quantitative estimate of drug-likeness (QED) is 0.586. The standard InChI is InChI=1S/C20H34N6S/c1-21-20(23-14-17-15-25-8-10-26(17)11-9-25)22-13-16-5-3-7-24(2)19(16)18-6-4-12-27-18/h4,6,12,16-17,19H,3,5,7-11,13-15H2,1-2H3,(H2,21,22,23). The van der Waals surface area contributed by atoms with E-state index in [1.165, 1.54) is 57.0 Å². The third kappa shape index (κ3) is 4.47. The molecule has 0 spiro atoms. The average Bonchev–Trinajstić information content (AvgIpc) is 3.23. The van der Waals surface area contributed by atoms with Crippen LogP contribution in [0.2, 0.25) is 0 Å². The number of guanidine groups is 1. The maximum Gasteiger partial charge on any atom is 0.191 e. The molecule has 4 aliphatic heterocycles. The molecule has 0 radical (unpaired) electrons. The second-order valence-corrected chi connectivity index (χ2v) is 9.15. The molecule has 3 unspecified atom stereocenters. The molecule has 3 atom stereocenters. The highest BCUT2D eigenvalue weighted by atomic mass is 32.1. The van der Waals surface area contributed by atoms with Crippen molar-refractivity contribution in [1.82, 2.24) is 25.3 Å². The van der Waals surface area contributed by atoms with E-state index in [4.69, 9.17) is 0 Å². The molecule has 6 nitrogen and oxygen atoms in total. The second-order valence-electron chi connectivity index (χ2n) is 8.17. The molecule has 4 saturated heterocycles. The summed E-state index contributed by atoms with van der Waals surface area (Å²) in [5, 5.41) is 9.40. The van der Waals surface area contributed by atoms with E-state index >= 15 is 0 Å². The number of piperazine rings is 3. The van der Waals surface area contributed by atoms with Crippen molar-refractivity contribution < 1.29 is 0 Å². The van der Waals surface area contributed by atoms with Crippen molar-refractivity contribution in [2.45, 2.75) is 24.9 Å². The summed E-state index contributed by atoms with van der Waals surface area (Å²) in [6.07, 6.45) is 2.56. The van der Waals surface area contributed by atoms with Gasteiger partial charge in [0.1, 0.15) is 0 Å². The van der Waals surface area contributed by atoms with Crippen LogP contribution in [-0.4, -0.2) is 93.2 Å². The fraction of sp³-hybridized carbons (Fsp3) is 0.750. The number of rotatable bonds is 5. The highest BCUT2D eigenvalue weighted by molar-refractivity contribution is 7.10. The van der Waals surface area contributed by atoms with Gasteiger partial charge in [-0.15, -0.1) is 11.3 Å². The molecule has 4 fully saturated rings. The van der Waals surface area contributed by atoms with Crippen molar-refractivity contribution in [3.8, 4) is 0 Å². The predicted molar refractivity (Wildman–Crippen MR) is 114 cm³/mol. The summed E-state index contributed by atoms with van der Waals surface area (Å²) >= 11 is 1.89. The highest BCUT2D eigenvalue weighted by Crippen LogP contribution is 2.36. The molecular weight excluding hydrogens is 356 g/mol. The molecule has 7 heteroatoms. The van der Waals surface area contributed by atoms with E-state index in [0.717, 1.165) is 19.0 Å².